The van der Waals surface area contributed by atoms with Gasteiger partial charge in [0.1, 0.15) is 5.75 Å². The Kier molecular flexibility index (Phi) is 2.36. The lowest BCUT2D eigenvalue weighted by molar-refractivity contribution is 0.305. The van der Waals surface area contributed by atoms with E-state index >= 15 is 0 Å². The Bertz CT molecular complexity index is 317. The average molecular weight is 199 g/mol. The highest BCUT2D eigenvalue weighted by Crippen LogP contribution is 2.46. The fourth-order valence-electron chi connectivity index (χ4n) is 1.07. The first-order valence-electron chi connectivity index (χ1n) is 4.03. The molecule has 1 fully saturated rings. The molecule has 13 heavy (non-hydrogen) atoms. The summed E-state index contributed by atoms with van der Waals surface area (Å²) >= 11 is 0. The van der Waals surface area contributed by atoms with Crippen molar-refractivity contribution in [3.05, 3.63) is 30.3 Å². The number of rotatable bonds is 2. The van der Waals surface area contributed by atoms with Crippen molar-refractivity contribution < 1.29 is 13.6 Å². The topological polar surface area (TPSA) is 47.6 Å². The van der Waals surface area contributed by atoms with Crippen molar-refractivity contribution >= 4 is 7.75 Å². The van der Waals surface area contributed by atoms with Crippen LogP contribution in [0, 0.1) is 0 Å². The van der Waals surface area contributed by atoms with Crippen molar-refractivity contribution in [3.8, 4) is 5.75 Å². The molecule has 1 aliphatic rings. The fourth-order valence-corrected chi connectivity index (χ4v) is 2.38. The van der Waals surface area contributed by atoms with E-state index in [9.17, 15) is 4.57 Å². The third-order valence-corrected chi connectivity index (χ3v) is 3.22. The standard InChI is InChI=1S/C8H10NO3P/c10-13(9-6-7-11-13)12-8-4-2-1-3-5-8/h1-5H,6-7H2,(H,9,10). The Morgan fingerprint density at radius 3 is 2.77 bits per heavy atom. The molecular formula is C8H10NO3P. The average Bonchev–Trinajstić information content (AvgIpc) is 2.54. The molecule has 5 heteroatoms. The molecule has 1 aromatic carbocycles. The Labute approximate surface area is 76.5 Å². The molecular weight excluding hydrogens is 189 g/mol. The molecule has 0 saturated carbocycles. The lowest BCUT2D eigenvalue weighted by Crippen LogP contribution is -2.06. The largest absolute Gasteiger partial charge is 0.458 e. The van der Waals surface area contributed by atoms with Crippen molar-refractivity contribution in [3.63, 3.8) is 0 Å². The van der Waals surface area contributed by atoms with E-state index in [1.807, 2.05) is 18.2 Å². The van der Waals surface area contributed by atoms with Gasteiger partial charge in [0.2, 0.25) is 0 Å². The maximum Gasteiger partial charge on any atom is 0.458 e. The highest BCUT2D eigenvalue weighted by atomic mass is 31.2. The van der Waals surface area contributed by atoms with Gasteiger partial charge >= 0.3 is 7.75 Å². The molecule has 0 amide bonds. The zero-order valence-electron chi connectivity index (χ0n) is 6.97. The highest BCUT2D eigenvalue weighted by Gasteiger charge is 2.30. The molecule has 2 rings (SSSR count). The minimum atomic E-state index is -3.04. The van der Waals surface area contributed by atoms with E-state index in [-0.39, 0.29) is 0 Å². The number of para-hydroxylation sites is 1. The highest BCUT2D eigenvalue weighted by molar-refractivity contribution is 7.52. The molecule has 1 aliphatic heterocycles. The van der Waals surface area contributed by atoms with Gasteiger partial charge in [-0.2, -0.15) is 0 Å². The maximum absolute atomic E-state index is 11.6. The van der Waals surface area contributed by atoms with Crippen molar-refractivity contribution in [1.82, 2.24) is 5.09 Å². The first-order valence-corrected chi connectivity index (χ1v) is 5.57. The van der Waals surface area contributed by atoms with Crippen LogP contribution in [0.2, 0.25) is 0 Å². The second-order valence-electron chi connectivity index (χ2n) is 2.64. The summed E-state index contributed by atoms with van der Waals surface area (Å²) in [5.41, 5.74) is 0. The summed E-state index contributed by atoms with van der Waals surface area (Å²) in [5, 5.41) is 2.69. The van der Waals surface area contributed by atoms with Crippen LogP contribution in [0.5, 0.6) is 5.75 Å². The van der Waals surface area contributed by atoms with Gasteiger partial charge < -0.3 is 4.52 Å². The number of benzene rings is 1. The van der Waals surface area contributed by atoms with Gasteiger partial charge in [-0.25, -0.2) is 9.65 Å². The van der Waals surface area contributed by atoms with Crippen LogP contribution in [0.4, 0.5) is 0 Å². The van der Waals surface area contributed by atoms with Crippen LogP contribution in [0.1, 0.15) is 0 Å². The maximum atomic E-state index is 11.6. The summed E-state index contributed by atoms with van der Waals surface area (Å²) in [7, 11) is -3.04. The summed E-state index contributed by atoms with van der Waals surface area (Å²) in [5.74, 6) is 0.556. The monoisotopic (exact) mass is 199 g/mol. The van der Waals surface area contributed by atoms with Crippen molar-refractivity contribution in [2.75, 3.05) is 13.2 Å². The van der Waals surface area contributed by atoms with E-state index in [1.54, 1.807) is 12.1 Å². The molecule has 4 nitrogen and oxygen atoms in total. The van der Waals surface area contributed by atoms with Gasteiger partial charge in [0, 0.05) is 6.54 Å². The van der Waals surface area contributed by atoms with E-state index in [4.69, 9.17) is 9.05 Å². The zero-order chi connectivity index (χ0) is 9.15. The molecule has 1 unspecified atom stereocenters. The van der Waals surface area contributed by atoms with Gasteiger partial charge in [-0.05, 0) is 12.1 Å². The van der Waals surface area contributed by atoms with Gasteiger partial charge in [-0.15, -0.1) is 0 Å². The molecule has 1 N–H and O–H groups in total. The van der Waals surface area contributed by atoms with Crippen LogP contribution in [-0.2, 0) is 9.09 Å². The second kappa shape index (κ2) is 3.50. The smallest absolute Gasteiger partial charge is 0.413 e. The fraction of sp³-hybridized carbons (Fsp3) is 0.250. The first-order chi connectivity index (χ1) is 6.29. The Morgan fingerprint density at radius 2 is 2.15 bits per heavy atom. The van der Waals surface area contributed by atoms with Crippen molar-refractivity contribution in [1.29, 1.82) is 0 Å². The molecule has 70 valence electrons. The lowest BCUT2D eigenvalue weighted by Gasteiger charge is -2.11. The molecule has 0 bridgehead atoms. The number of hydrogen-bond acceptors (Lipinski definition) is 3. The van der Waals surface area contributed by atoms with Gasteiger partial charge in [-0.3, -0.25) is 4.52 Å². The summed E-state index contributed by atoms with van der Waals surface area (Å²) < 4.78 is 21.8. The van der Waals surface area contributed by atoms with Crippen molar-refractivity contribution in [2.24, 2.45) is 0 Å². The molecule has 1 heterocycles. The van der Waals surface area contributed by atoms with E-state index in [1.165, 1.54) is 0 Å². The molecule has 0 radical (unpaired) electrons. The Morgan fingerprint density at radius 1 is 1.38 bits per heavy atom. The minimum absolute atomic E-state index is 0.435. The Balaban J connectivity index is 2.10. The normalized spacial score (nSPS) is 27.4. The lowest BCUT2D eigenvalue weighted by atomic mass is 10.3. The van der Waals surface area contributed by atoms with Crippen LogP contribution in [0.25, 0.3) is 0 Å². The number of nitrogens with one attached hydrogen (secondary N) is 1. The van der Waals surface area contributed by atoms with Crippen LogP contribution < -0.4 is 9.61 Å². The first kappa shape index (κ1) is 8.75. The quantitative estimate of drug-likeness (QED) is 0.737. The molecule has 0 spiro atoms. The Hall–Kier alpha value is -0.830. The van der Waals surface area contributed by atoms with Gasteiger partial charge in [0.15, 0.2) is 0 Å². The molecule has 0 aromatic heterocycles. The van der Waals surface area contributed by atoms with Crippen LogP contribution in [-0.4, -0.2) is 13.2 Å². The van der Waals surface area contributed by atoms with Crippen LogP contribution in [0.3, 0.4) is 0 Å². The molecule has 1 saturated heterocycles. The summed E-state index contributed by atoms with van der Waals surface area (Å²) in [6, 6.07) is 8.98. The summed E-state index contributed by atoms with van der Waals surface area (Å²) in [4.78, 5) is 0. The SMILES string of the molecule is O=P1(Oc2ccccc2)NCCO1. The molecule has 1 aromatic rings. The molecule has 0 aliphatic carbocycles. The van der Waals surface area contributed by atoms with Crippen LogP contribution in [0.15, 0.2) is 30.3 Å². The predicted molar refractivity (Wildman–Crippen MR) is 48.6 cm³/mol. The third kappa shape index (κ3) is 2.10. The van der Waals surface area contributed by atoms with E-state index in [2.05, 4.69) is 5.09 Å². The molecule has 1 atom stereocenters. The zero-order valence-corrected chi connectivity index (χ0v) is 7.87. The van der Waals surface area contributed by atoms with Gasteiger partial charge in [-0.1, -0.05) is 18.2 Å². The van der Waals surface area contributed by atoms with E-state index in [0.717, 1.165) is 0 Å². The minimum Gasteiger partial charge on any atom is -0.413 e. The van der Waals surface area contributed by atoms with Gasteiger partial charge in [0.05, 0.1) is 6.61 Å². The summed E-state index contributed by atoms with van der Waals surface area (Å²) in [6.45, 7) is 1.01. The predicted octanol–water partition coefficient (Wildman–Crippen LogP) is 1.79. The van der Waals surface area contributed by atoms with E-state index in [0.29, 0.717) is 18.9 Å². The van der Waals surface area contributed by atoms with E-state index < -0.39 is 7.75 Å². The second-order valence-corrected chi connectivity index (χ2v) is 4.40. The number of hydrogen-bond donors (Lipinski definition) is 1. The van der Waals surface area contributed by atoms with Crippen molar-refractivity contribution in [2.45, 2.75) is 0 Å². The van der Waals surface area contributed by atoms with Crippen LogP contribution >= 0.6 is 7.75 Å². The van der Waals surface area contributed by atoms with Gasteiger partial charge in [0.25, 0.3) is 0 Å². The third-order valence-electron chi connectivity index (χ3n) is 1.64. The summed E-state index contributed by atoms with van der Waals surface area (Å²) in [6.07, 6.45) is 0.